The van der Waals surface area contributed by atoms with Gasteiger partial charge >= 0.3 is 6.18 Å². The first-order chi connectivity index (χ1) is 14.0. The first-order valence-electron chi connectivity index (χ1n) is 9.73. The van der Waals surface area contributed by atoms with E-state index in [1.807, 2.05) is 24.3 Å². The Morgan fingerprint density at radius 1 is 1.07 bits per heavy atom. The molecule has 1 aliphatic carbocycles. The Morgan fingerprint density at radius 3 is 2.45 bits per heavy atom. The summed E-state index contributed by atoms with van der Waals surface area (Å²) in [7, 11) is 1.60. The van der Waals surface area contributed by atoms with E-state index in [2.05, 4.69) is 9.98 Å². The van der Waals surface area contributed by atoms with E-state index in [-0.39, 0.29) is 6.04 Å². The molecule has 1 fully saturated rings. The summed E-state index contributed by atoms with van der Waals surface area (Å²) in [6.07, 6.45) is 1.68. The van der Waals surface area contributed by atoms with Gasteiger partial charge in [0.15, 0.2) is 0 Å². The lowest BCUT2D eigenvalue weighted by atomic mass is 9.95. The number of aromatic nitrogens is 2. The molecule has 1 saturated carbocycles. The third-order valence-corrected chi connectivity index (χ3v) is 5.34. The van der Waals surface area contributed by atoms with E-state index in [4.69, 9.17) is 4.74 Å². The van der Waals surface area contributed by atoms with Gasteiger partial charge in [-0.25, -0.2) is 4.98 Å². The minimum Gasteiger partial charge on any atom is -0.497 e. The molecule has 152 valence electrons. The summed E-state index contributed by atoms with van der Waals surface area (Å²) in [5, 5.41) is 0. The van der Waals surface area contributed by atoms with Gasteiger partial charge in [-0.2, -0.15) is 13.2 Å². The SMILES string of the molecule is COc1ccc(C=Nc2ccc3c(c2)nc(C(F)(F)F)n3C2CCCCC2)cc1. The van der Waals surface area contributed by atoms with Gasteiger partial charge in [-0.05, 0) is 60.9 Å². The van der Waals surface area contributed by atoms with Crippen LogP contribution in [0.2, 0.25) is 0 Å². The number of rotatable bonds is 4. The molecule has 3 aromatic rings. The van der Waals surface area contributed by atoms with E-state index < -0.39 is 12.0 Å². The van der Waals surface area contributed by atoms with Crippen molar-refractivity contribution < 1.29 is 17.9 Å². The monoisotopic (exact) mass is 401 g/mol. The van der Waals surface area contributed by atoms with Gasteiger partial charge in [0, 0.05) is 12.3 Å². The first-order valence-corrected chi connectivity index (χ1v) is 9.73. The van der Waals surface area contributed by atoms with Gasteiger partial charge in [0.1, 0.15) is 5.75 Å². The number of alkyl halides is 3. The molecule has 1 aliphatic rings. The maximum atomic E-state index is 13.7. The van der Waals surface area contributed by atoms with Gasteiger partial charge in [0.25, 0.3) is 0 Å². The second kappa shape index (κ2) is 7.89. The summed E-state index contributed by atoms with van der Waals surface area (Å²) >= 11 is 0. The second-order valence-electron chi connectivity index (χ2n) is 7.30. The molecular formula is C22H22F3N3O. The average Bonchev–Trinajstić information content (AvgIpc) is 3.12. The fraction of sp³-hybridized carbons (Fsp3) is 0.364. The Kier molecular flexibility index (Phi) is 5.30. The highest BCUT2D eigenvalue weighted by Gasteiger charge is 2.39. The van der Waals surface area contributed by atoms with Gasteiger partial charge in [-0.3, -0.25) is 4.99 Å². The van der Waals surface area contributed by atoms with E-state index in [9.17, 15) is 13.2 Å². The third kappa shape index (κ3) is 4.13. The van der Waals surface area contributed by atoms with Crippen LogP contribution >= 0.6 is 0 Å². The van der Waals surface area contributed by atoms with Crippen LogP contribution in [-0.2, 0) is 6.18 Å². The van der Waals surface area contributed by atoms with E-state index >= 15 is 0 Å². The number of nitrogens with zero attached hydrogens (tertiary/aromatic N) is 3. The smallest absolute Gasteiger partial charge is 0.449 e. The lowest BCUT2D eigenvalue weighted by Crippen LogP contribution is -2.21. The number of fused-ring (bicyclic) bond motifs is 1. The highest BCUT2D eigenvalue weighted by atomic mass is 19.4. The van der Waals surface area contributed by atoms with Gasteiger partial charge in [0.2, 0.25) is 5.82 Å². The molecule has 0 N–H and O–H groups in total. The molecule has 0 saturated heterocycles. The van der Waals surface area contributed by atoms with Gasteiger partial charge in [-0.1, -0.05) is 19.3 Å². The molecule has 2 aromatic carbocycles. The van der Waals surface area contributed by atoms with Crippen molar-refractivity contribution in [1.29, 1.82) is 0 Å². The van der Waals surface area contributed by atoms with Gasteiger partial charge in [-0.15, -0.1) is 0 Å². The Bertz CT molecular complexity index is 1020. The number of ether oxygens (including phenoxy) is 1. The molecule has 0 aliphatic heterocycles. The fourth-order valence-electron chi connectivity index (χ4n) is 3.92. The zero-order valence-corrected chi connectivity index (χ0v) is 16.1. The van der Waals surface area contributed by atoms with Crippen molar-refractivity contribution in [2.24, 2.45) is 4.99 Å². The molecule has 1 heterocycles. The summed E-state index contributed by atoms with van der Waals surface area (Å²) in [4.78, 5) is 8.34. The molecule has 0 radical (unpaired) electrons. The number of imidazole rings is 1. The summed E-state index contributed by atoms with van der Waals surface area (Å²) in [5.74, 6) is -0.0628. The number of benzene rings is 2. The Labute approximate surface area is 167 Å². The molecule has 7 heteroatoms. The molecule has 0 amide bonds. The number of methoxy groups -OCH3 is 1. The van der Waals surface area contributed by atoms with Crippen molar-refractivity contribution in [1.82, 2.24) is 9.55 Å². The van der Waals surface area contributed by atoms with Crippen LogP contribution in [0.1, 0.15) is 49.5 Å². The topological polar surface area (TPSA) is 39.4 Å². The van der Waals surface area contributed by atoms with Gasteiger partial charge in [0.05, 0.1) is 23.8 Å². The van der Waals surface area contributed by atoms with Crippen molar-refractivity contribution in [3.05, 3.63) is 53.9 Å². The molecule has 0 bridgehead atoms. The molecule has 0 atom stereocenters. The highest BCUT2D eigenvalue weighted by molar-refractivity contribution is 5.85. The average molecular weight is 401 g/mol. The van der Waals surface area contributed by atoms with Crippen LogP contribution in [0.15, 0.2) is 47.5 Å². The zero-order chi connectivity index (χ0) is 20.4. The second-order valence-corrected chi connectivity index (χ2v) is 7.30. The normalized spacial score (nSPS) is 16.0. The van der Waals surface area contributed by atoms with Crippen LogP contribution in [0.25, 0.3) is 11.0 Å². The van der Waals surface area contributed by atoms with Crippen LogP contribution in [-0.4, -0.2) is 22.9 Å². The van der Waals surface area contributed by atoms with Gasteiger partial charge < -0.3 is 9.30 Å². The molecule has 0 unspecified atom stereocenters. The van der Waals surface area contributed by atoms with E-state index in [1.54, 1.807) is 31.5 Å². The number of aliphatic imine (C=N–C) groups is 1. The lowest BCUT2D eigenvalue weighted by Gasteiger charge is -2.26. The molecule has 4 rings (SSSR count). The van der Waals surface area contributed by atoms with Crippen LogP contribution in [0.5, 0.6) is 5.75 Å². The minimum absolute atomic E-state index is 0.154. The van der Waals surface area contributed by atoms with Crippen molar-refractivity contribution in [3.8, 4) is 5.75 Å². The molecule has 4 nitrogen and oxygen atoms in total. The summed E-state index contributed by atoms with van der Waals surface area (Å²) in [5.41, 5.74) is 2.28. The maximum absolute atomic E-state index is 13.7. The Morgan fingerprint density at radius 2 is 1.79 bits per heavy atom. The zero-order valence-electron chi connectivity index (χ0n) is 16.1. The lowest BCUT2D eigenvalue weighted by molar-refractivity contribution is -0.147. The molecule has 0 spiro atoms. The van der Waals surface area contributed by atoms with Crippen molar-refractivity contribution in [3.63, 3.8) is 0 Å². The fourth-order valence-corrected chi connectivity index (χ4v) is 3.92. The van der Waals surface area contributed by atoms with Crippen LogP contribution in [0.3, 0.4) is 0 Å². The molecule has 1 aromatic heterocycles. The van der Waals surface area contributed by atoms with Crippen LogP contribution < -0.4 is 4.74 Å². The number of halogens is 3. The van der Waals surface area contributed by atoms with E-state index in [0.29, 0.717) is 16.7 Å². The van der Waals surface area contributed by atoms with Crippen LogP contribution in [0.4, 0.5) is 18.9 Å². The summed E-state index contributed by atoms with van der Waals surface area (Å²) in [6.45, 7) is 0. The van der Waals surface area contributed by atoms with E-state index in [1.165, 1.54) is 4.57 Å². The van der Waals surface area contributed by atoms with Crippen molar-refractivity contribution in [2.75, 3.05) is 7.11 Å². The molecular weight excluding hydrogens is 379 g/mol. The third-order valence-electron chi connectivity index (χ3n) is 5.34. The quantitative estimate of drug-likeness (QED) is 0.480. The Balaban J connectivity index is 1.69. The minimum atomic E-state index is -4.48. The van der Waals surface area contributed by atoms with Crippen LogP contribution in [0, 0.1) is 0 Å². The largest absolute Gasteiger partial charge is 0.497 e. The highest BCUT2D eigenvalue weighted by Crippen LogP contribution is 2.39. The predicted molar refractivity (Wildman–Crippen MR) is 107 cm³/mol. The summed E-state index contributed by atoms with van der Waals surface area (Å²) in [6, 6.07) is 12.3. The predicted octanol–water partition coefficient (Wildman–Crippen LogP) is 6.32. The van der Waals surface area contributed by atoms with Crippen molar-refractivity contribution in [2.45, 2.75) is 44.3 Å². The molecule has 29 heavy (non-hydrogen) atoms. The van der Waals surface area contributed by atoms with Crippen molar-refractivity contribution >= 4 is 22.9 Å². The maximum Gasteiger partial charge on any atom is 0.449 e. The number of hydrogen-bond acceptors (Lipinski definition) is 3. The first kappa shape index (κ1) is 19.5. The van der Waals surface area contributed by atoms with E-state index in [0.717, 1.165) is 43.4 Å². The standard InChI is InChI=1S/C22H22F3N3O/c1-29-18-10-7-15(8-11-18)14-26-16-9-12-20-19(13-16)27-21(22(23,24)25)28(20)17-5-3-2-4-6-17/h7-14,17H,2-6H2,1H3. The summed E-state index contributed by atoms with van der Waals surface area (Å²) < 4.78 is 47.5. The number of hydrogen-bond donors (Lipinski definition) is 0. The Hall–Kier alpha value is -2.83.